The lowest BCUT2D eigenvalue weighted by atomic mass is 10.5. The lowest BCUT2D eigenvalue weighted by molar-refractivity contribution is -0.142. The van der Waals surface area contributed by atoms with Gasteiger partial charge in [0, 0.05) is 23.9 Å². The number of carbonyl (C=O) groups is 1. The molecule has 1 rings (SSSR count). The van der Waals surface area contributed by atoms with E-state index in [1.54, 1.807) is 22.6 Å². The van der Waals surface area contributed by atoms with Gasteiger partial charge >= 0.3 is 5.97 Å². The van der Waals surface area contributed by atoms with Crippen molar-refractivity contribution < 1.29 is 9.53 Å². The lowest BCUT2D eigenvalue weighted by Gasteiger charge is -1.99. The number of ether oxygens (including phenoxy) is 1. The Hall–Kier alpha value is -0.970. The minimum absolute atomic E-state index is 0.135. The Morgan fingerprint density at radius 2 is 2.50 bits per heavy atom. The van der Waals surface area contributed by atoms with Crippen LogP contribution in [0.15, 0.2) is 17.3 Å². The molecule has 1 aromatic rings. The highest BCUT2D eigenvalue weighted by Gasteiger charge is 2.02. The Balaban J connectivity index is 2.18. The molecule has 4 nitrogen and oxygen atoms in total. The molecule has 0 aliphatic heterocycles. The Kier molecular flexibility index (Phi) is 4.52. The second-order valence-electron chi connectivity index (χ2n) is 2.75. The summed E-state index contributed by atoms with van der Waals surface area (Å²) < 4.78 is 6.55. The molecule has 0 aromatic carbocycles. The molecule has 78 valence electrons. The number of thioether (sulfide) groups is 1. The van der Waals surface area contributed by atoms with Gasteiger partial charge in [-0.1, -0.05) is 0 Å². The average Bonchev–Trinajstić information content (AvgIpc) is 2.52. The van der Waals surface area contributed by atoms with E-state index in [2.05, 4.69) is 5.10 Å². The van der Waals surface area contributed by atoms with E-state index in [1.807, 2.05) is 20.2 Å². The van der Waals surface area contributed by atoms with Crippen LogP contribution in [0, 0.1) is 0 Å². The maximum absolute atomic E-state index is 11.0. The molecule has 0 saturated heterocycles. The van der Waals surface area contributed by atoms with Gasteiger partial charge in [-0.2, -0.15) is 5.10 Å². The van der Waals surface area contributed by atoms with Crippen molar-refractivity contribution in [2.24, 2.45) is 7.05 Å². The van der Waals surface area contributed by atoms with Crippen LogP contribution in [0.5, 0.6) is 0 Å². The topological polar surface area (TPSA) is 44.1 Å². The molecular weight excluding hydrogens is 200 g/mol. The van der Waals surface area contributed by atoms with Gasteiger partial charge in [0.2, 0.25) is 0 Å². The third kappa shape index (κ3) is 3.83. The lowest BCUT2D eigenvalue weighted by Crippen LogP contribution is -2.04. The van der Waals surface area contributed by atoms with Crippen LogP contribution in [-0.4, -0.2) is 28.1 Å². The molecule has 0 aliphatic carbocycles. The molecule has 0 amide bonds. The molecule has 1 aromatic heterocycles. The van der Waals surface area contributed by atoms with Crippen molar-refractivity contribution in [1.29, 1.82) is 0 Å². The number of aryl methyl sites for hydroxylation is 1. The minimum atomic E-state index is -0.135. The number of hydrogen-bond acceptors (Lipinski definition) is 4. The van der Waals surface area contributed by atoms with E-state index in [0.29, 0.717) is 13.0 Å². The Morgan fingerprint density at radius 3 is 3.07 bits per heavy atom. The first-order valence-corrected chi connectivity index (χ1v) is 5.48. The van der Waals surface area contributed by atoms with Crippen molar-refractivity contribution in [1.82, 2.24) is 9.78 Å². The number of nitrogens with zero attached hydrogens (tertiary/aromatic N) is 2. The van der Waals surface area contributed by atoms with E-state index in [4.69, 9.17) is 4.74 Å². The Labute approximate surface area is 87.6 Å². The Bertz CT molecular complexity index is 299. The zero-order valence-electron chi connectivity index (χ0n) is 8.40. The summed E-state index contributed by atoms with van der Waals surface area (Å²) in [6.07, 6.45) is 4.17. The van der Waals surface area contributed by atoms with Crippen molar-refractivity contribution in [3.8, 4) is 0 Å². The molecule has 0 aliphatic rings. The summed E-state index contributed by atoms with van der Waals surface area (Å²) >= 11 is 1.61. The molecule has 0 atom stereocenters. The van der Waals surface area contributed by atoms with E-state index in [-0.39, 0.29) is 5.97 Å². The molecule has 1 heterocycles. The second-order valence-corrected chi connectivity index (χ2v) is 3.92. The largest absolute Gasteiger partial charge is 0.466 e. The van der Waals surface area contributed by atoms with Gasteiger partial charge in [0.15, 0.2) is 0 Å². The maximum Gasteiger partial charge on any atom is 0.306 e. The first kappa shape index (κ1) is 11.1. The number of hydrogen-bond donors (Lipinski definition) is 0. The predicted octanol–water partition coefficient (Wildman–Crippen LogP) is 1.47. The molecular formula is C9H14N2O2S. The minimum Gasteiger partial charge on any atom is -0.466 e. The fraction of sp³-hybridized carbons (Fsp3) is 0.556. The molecule has 0 fully saturated rings. The van der Waals surface area contributed by atoms with E-state index < -0.39 is 0 Å². The van der Waals surface area contributed by atoms with Crippen molar-refractivity contribution in [2.75, 3.05) is 12.4 Å². The summed E-state index contributed by atoms with van der Waals surface area (Å²) in [6.45, 7) is 2.27. The smallest absolute Gasteiger partial charge is 0.306 e. The summed E-state index contributed by atoms with van der Waals surface area (Å²) in [7, 11) is 1.87. The predicted molar refractivity (Wildman–Crippen MR) is 55.2 cm³/mol. The average molecular weight is 214 g/mol. The number of rotatable bonds is 5. The number of aromatic nitrogens is 2. The Morgan fingerprint density at radius 1 is 1.71 bits per heavy atom. The van der Waals surface area contributed by atoms with Crippen LogP contribution in [0.2, 0.25) is 0 Å². The standard InChI is InChI=1S/C9H14N2O2S/c1-3-13-9(12)4-5-14-8-6-10-11(2)7-8/h6-7H,3-5H2,1-2H3. The van der Waals surface area contributed by atoms with E-state index in [0.717, 1.165) is 10.6 Å². The normalized spacial score (nSPS) is 10.1. The zero-order chi connectivity index (χ0) is 10.4. The van der Waals surface area contributed by atoms with Gasteiger partial charge in [0.1, 0.15) is 0 Å². The monoisotopic (exact) mass is 214 g/mol. The van der Waals surface area contributed by atoms with Crippen molar-refractivity contribution >= 4 is 17.7 Å². The molecule has 5 heteroatoms. The summed E-state index contributed by atoms with van der Waals surface area (Å²) in [5.41, 5.74) is 0. The third-order valence-electron chi connectivity index (χ3n) is 1.56. The first-order valence-electron chi connectivity index (χ1n) is 4.49. The van der Waals surface area contributed by atoms with Crippen LogP contribution in [0.1, 0.15) is 13.3 Å². The quantitative estimate of drug-likeness (QED) is 0.550. The van der Waals surface area contributed by atoms with Crippen LogP contribution in [0.4, 0.5) is 0 Å². The van der Waals surface area contributed by atoms with Gasteiger partial charge in [-0.3, -0.25) is 9.48 Å². The second kappa shape index (κ2) is 5.70. The summed E-state index contributed by atoms with van der Waals surface area (Å²) in [5.74, 6) is 0.605. The highest BCUT2D eigenvalue weighted by molar-refractivity contribution is 7.99. The van der Waals surface area contributed by atoms with E-state index in [9.17, 15) is 4.79 Å². The number of esters is 1. The van der Waals surface area contributed by atoms with Gasteiger partial charge in [0.05, 0.1) is 19.2 Å². The molecule has 0 radical (unpaired) electrons. The highest BCUT2D eigenvalue weighted by Crippen LogP contribution is 2.17. The summed E-state index contributed by atoms with van der Waals surface area (Å²) in [4.78, 5) is 12.1. The zero-order valence-corrected chi connectivity index (χ0v) is 9.21. The van der Waals surface area contributed by atoms with Crippen molar-refractivity contribution in [3.63, 3.8) is 0 Å². The van der Waals surface area contributed by atoms with Crippen molar-refractivity contribution in [2.45, 2.75) is 18.2 Å². The van der Waals surface area contributed by atoms with E-state index in [1.165, 1.54) is 0 Å². The molecule has 0 bridgehead atoms. The fourth-order valence-corrected chi connectivity index (χ4v) is 1.81. The fourth-order valence-electron chi connectivity index (χ4n) is 0.959. The SMILES string of the molecule is CCOC(=O)CCSc1cnn(C)c1. The van der Waals surface area contributed by atoms with E-state index >= 15 is 0 Å². The van der Waals surface area contributed by atoms with Crippen LogP contribution >= 0.6 is 11.8 Å². The van der Waals surface area contributed by atoms with Crippen LogP contribution in [0.3, 0.4) is 0 Å². The van der Waals surface area contributed by atoms with Gasteiger partial charge in [-0.25, -0.2) is 0 Å². The molecule has 14 heavy (non-hydrogen) atoms. The van der Waals surface area contributed by atoms with Crippen LogP contribution in [-0.2, 0) is 16.6 Å². The van der Waals surface area contributed by atoms with Crippen LogP contribution in [0.25, 0.3) is 0 Å². The number of carbonyl (C=O) groups excluding carboxylic acids is 1. The van der Waals surface area contributed by atoms with Crippen molar-refractivity contribution in [3.05, 3.63) is 12.4 Å². The molecule has 0 N–H and O–H groups in total. The van der Waals surface area contributed by atoms with Gasteiger partial charge in [-0.05, 0) is 6.92 Å². The molecule has 0 unspecified atom stereocenters. The highest BCUT2D eigenvalue weighted by atomic mass is 32.2. The molecule has 0 spiro atoms. The summed E-state index contributed by atoms with van der Waals surface area (Å²) in [5, 5.41) is 4.03. The molecule has 0 saturated carbocycles. The summed E-state index contributed by atoms with van der Waals surface area (Å²) in [6, 6.07) is 0. The van der Waals surface area contributed by atoms with Crippen LogP contribution < -0.4 is 0 Å². The maximum atomic E-state index is 11.0. The first-order chi connectivity index (χ1) is 6.72. The van der Waals surface area contributed by atoms with Gasteiger partial charge in [-0.15, -0.1) is 11.8 Å². The third-order valence-corrected chi connectivity index (χ3v) is 2.51. The van der Waals surface area contributed by atoms with Gasteiger partial charge < -0.3 is 4.74 Å². The van der Waals surface area contributed by atoms with Gasteiger partial charge in [0.25, 0.3) is 0 Å².